The summed E-state index contributed by atoms with van der Waals surface area (Å²) in [6, 6.07) is -5.95. The molecule has 2 saturated heterocycles. The van der Waals surface area contributed by atoms with Gasteiger partial charge in [-0.15, -0.1) is 32.7 Å². The van der Waals surface area contributed by atoms with E-state index in [4.69, 9.17) is 18.9 Å². The molecule has 13 unspecified atom stereocenters. The second-order valence-corrected chi connectivity index (χ2v) is 10.5. The number of rotatable bonds is 10. The van der Waals surface area contributed by atoms with Crippen molar-refractivity contribution in [2.24, 2.45) is 0 Å². The molecular weight excluding hydrogens is 529 g/mol. The molecule has 224 valence electrons. The van der Waals surface area contributed by atoms with Crippen molar-refractivity contribution in [3.8, 4) is 0 Å². The Morgan fingerprint density at radius 1 is 0.921 bits per heavy atom. The maximum absolute atomic E-state index is 14.1. The fraction of sp³-hybridized carbons (Fsp3) is 1.00. The summed E-state index contributed by atoms with van der Waals surface area (Å²) in [7, 11) is 2.16. The third-order valence-corrected chi connectivity index (χ3v) is 7.64. The minimum absolute atomic E-state index is 0.0808. The Morgan fingerprint density at radius 2 is 1.47 bits per heavy atom. The summed E-state index contributed by atoms with van der Waals surface area (Å²) in [4.78, 5) is 0. The van der Waals surface area contributed by atoms with E-state index in [1.165, 1.54) is 30.6 Å². The van der Waals surface area contributed by atoms with Gasteiger partial charge in [-0.05, 0) is 33.1 Å². The summed E-state index contributed by atoms with van der Waals surface area (Å²) in [5, 5.41) is 32.6. The highest BCUT2D eigenvalue weighted by atomic mass is 19.2. The molecule has 38 heavy (non-hydrogen) atoms. The largest absolute Gasteiger partial charge is 0.388 e. The van der Waals surface area contributed by atoms with Crippen LogP contribution in [0.4, 0.5) is 22.4 Å². The summed E-state index contributed by atoms with van der Waals surface area (Å²) in [5.74, 6) is 0. The maximum Gasteiger partial charge on any atom is 0.185 e. The van der Waals surface area contributed by atoms with E-state index in [9.17, 15) is 37.7 Å². The van der Waals surface area contributed by atoms with Crippen LogP contribution in [0.25, 0.3) is 0 Å². The van der Waals surface area contributed by atoms with Gasteiger partial charge >= 0.3 is 0 Å². The van der Waals surface area contributed by atoms with E-state index in [2.05, 4.69) is 0 Å². The molecule has 6 N–H and O–H groups in total. The molecule has 3 rings (SSSR count). The lowest BCUT2D eigenvalue weighted by molar-refractivity contribution is -0.328. The number of ether oxygens (including phenoxy) is 4. The predicted molar refractivity (Wildman–Crippen MR) is 120 cm³/mol. The number of likely N-dealkylation sites (N-methyl/N-ethyl adjacent to an activating group) is 2. The molecule has 3 aliphatic rings. The zero-order valence-electron chi connectivity index (χ0n) is 21.5. The maximum atomic E-state index is 14.1. The zero-order chi connectivity index (χ0) is 28.4. The van der Waals surface area contributed by atoms with Gasteiger partial charge in [0.05, 0.1) is 36.9 Å². The van der Waals surface area contributed by atoms with Crippen molar-refractivity contribution < 1.29 is 56.7 Å². The lowest BCUT2D eigenvalue weighted by Gasteiger charge is -2.49. The minimum atomic E-state index is -1.81. The van der Waals surface area contributed by atoms with E-state index < -0.39 is 85.5 Å². The predicted octanol–water partition coefficient (Wildman–Crippen LogP) is -0.587. The van der Waals surface area contributed by atoms with Crippen molar-refractivity contribution in [3.05, 3.63) is 0 Å². The highest BCUT2D eigenvalue weighted by Crippen LogP contribution is 2.34. The van der Waals surface area contributed by atoms with E-state index in [1.54, 1.807) is 6.92 Å². The van der Waals surface area contributed by atoms with Crippen LogP contribution >= 0.6 is 0 Å². The molecule has 12 nitrogen and oxygen atoms in total. The van der Waals surface area contributed by atoms with E-state index in [1.807, 2.05) is 0 Å². The molecule has 0 amide bonds. The topological polar surface area (TPSA) is 140 Å². The zero-order valence-corrected chi connectivity index (χ0v) is 21.5. The number of nitrogens with zero attached hydrogens (tertiary/aromatic N) is 2. The third-order valence-electron chi connectivity index (χ3n) is 7.64. The molecule has 0 bridgehead atoms. The van der Waals surface area contributed by atoms with Crippen LogP contribution in [0.5, 0.6) is 0 Å². The molecule has 17 heteroatoms. The number of hydrogen-bond donors (Lipinski definition) is 6. The molecule has 0 aromatic heterocycles. The van der Waals surface area contributed by atoms with Gasteiger partial charge in [-0.2, -0.15) is 16.6 Å². The Kier molecular flexibility index (Phi) is 11.0. The SMILES string of the molecule is CC(C1CCC(NF)C(OC2C(NF)CC(NF)C(OC3OCC(C)(O)C(N(C)F)C3O)C2O)O1)N(C)F. The van der Waals surface area contributed by atoms with Crippen LogP contribution in [0.3, 0.4) is 0 Å². The number of aliphatic hydroxyl groups excluding tert-OH is 2. The molecular formula is C21H38F5N5O7. The highest BCUT2D eigenvalue weighted by molar-refractivity contribution is 5.02. The van der Waals surface area contributed by atoms with Crippen LogP contribution in [-0.4, -0.2) is 125 Å². The summed E-state index contributed by atoms with van der Waals surface area (Å²) in [6.45, 7) is 2.31. The van der Waals surface area contributed by atoms with Crippen molar-refractivity contribution >= 4 is 0 Å². The van der Waals surface area contributed by atoms with Gasteiger partial charge in [0, 0.05) is 14.1 Å². The molecule has 2 heterocycles. The first-order valence-electron chi connectivity index (χ1n) is 12.4. The smallest absolute Gasteiger partial charge is 0.185 e. The lowest BCUT2D eigenvalue weighted by Crippen LogP contribution is -2.68. The molecule has 0 aromatic carbocycles. The molecule has 0 spiro atoms. The van der Waals surface area contributed by atoms with Crippen LogP contribution in [0, 0.1) is 0 Å². The van der Waals surface area contributed by atoms with Crippen molar-refractivity contribution in [1.29, 1.82) is 0 Å². The van der Waals surface area contributed by atoms with E-state index in [-0.39, 0.29) is 24.4 Å². The normalized spacial score (nSPS) is 45.5. The van der Waals surface area contributed by atoms with Gasteiger partial charge in [-0.1, -0.05) is 0 Å². The number of halogens is 5. The van der Waals surface area contributed by atoms with Crippen molar-refractivity contribution in [1.82, 2.24) is 26.9 Å². The summed E-state index contributed by atoms with van der Waals surface area (Å²) < 4.78 is 91.3. The number of nitrogens with one attached hydrogen (secondary N) is 3. The minimum Gasteiger partial charge on any atom is -0.388 e. The average molecular weight is 568 g/mol. The average Bonchev–Trinajstić information content (AvgIpc) is 2.86. The van der Waals surface area contributed by atoms with Gasteiger partial charge in [0.25, 0.3) is 0 Å². The summed E-state index contributed by atoms with van der Waals surface area (Å²) >= 11 is 0. The number of hydrogen-bond acceptors (Lipinski definition) is 12. The summed E-state index contributed by atoms with van der Waals surface area (Å²) in [6.07, 6.45) is -10.3. The first-order valence-corrected chi connectivity index (χ1v) is 12.4. The molecule has 2 aliphatic heterocycles. The van der Waals surface area contributed by atoms with Gasteiger partial charge in [0.15, 0.2) is 12.6 Å². The van der Waals surface area contributed by atoms with E-state index in [0.717, 1.165) is 7.05 Å². The second kappa shape index (κ2) is 13.2. The standard InChI is InChI=1S/C21H38F5N5O7/c1-9(30(3)25)13-6-5-10(27-22)19(36-13)37-16-11(28-23)7-12(29-24)17(14(16)32)38-20-15(33)18(31(4)26)21(2,34)8-35-20/h9-20,27-29,32-34H,5-8H2,1-4H3. The van der Waals surface area contributed by atoms with Crippen LogP contribution in [0.2, 0.25) is 0 Å². The molecule has 1 saturated carbocycles. The fourth-order valence-electron chi connectivity index (χ4n) is 5.38. The van der Waals surface area contributed by atoms with Crippen molar-refractivity contribution in [2.45, 2.75) is 112 Å². The Morgan fingerprint density at radius 3 is 1.97 bits per heavy atom. The first-order chi connectivity index (χ1) is 17.9. The Labute approximate surface area is 217 Å². The van der Waals surface area contributed by atoms with Crippen LogP contribution in [0.1, 0.15) is 33.1 Å². The van der Waals surface area contributed by atoms with Crippen LogP contribution < -0.4 is 16.6 Å². The van der Waals surface area contributed by atoms with E-state index in [0.29, 0.717) is 5.12 Å². The Bertz CT molecular complexity index is 750. The Balaban J connectivity index is 1.79. The number of aliphatic hydroxyl groups is 3. The van der Waals surface area contributed by atoms with Gasteiger partial charge in [0.1, 0.15) is 36.1 Å². The lowest BCUT2D eigenvalue weighted by atomic mass is 9.83. The monoisotopic (exact) mass is 567 g/mol. The van der Waals surface area contributed by atoms with Gasteiger partial charge < -0.3 is 34.3 Å². The summed E-state index contributed by atoms with van der Waals surface area (Å²) in [5.41, 5.74) is 2.57. The fourth-order valence-corrected chi connectivity index (χ4v) is 5.38. The molecule has 0 radical (unpaired) electrons. The molecule has 3 fully saturated rings. The Hall–Kier alpha value is -0.830. The quantitative estimate of drug-likeness (QED) is 0.149. The van der Waals surface area contributed by atoms with Gasteiger partial charge in [0.2, 0.25) is 0 Å². The first kappa shape index (κ1) is 31.7. The van der Waals surface area contributed by atoms with Gasteiger partial charge in [-0.3, -0.25) is 0 Å². The van der Waals surface area contributed by atoms with Gasteiger partial charge in [-0.25, -0.2) is 0 Å². The molecule has 13 atom stereocenters. The van der Waals surface area contributed by atoms with Crippen molar-refractivity contribution in [2.75, 3.05) is 20.7 Å². The third kappa shape index (κ3) is 6.72. The molecule has 1 aliphatic carbocycles. The van der Waals surface area contributed by atoms with E-state index >= 15 is 0 Å². The second-order valence-electron chi connectivity index (χ2n) is 10.5. The van der Waals surface area contributed by atoms with Crippen LogP contribution in [0.15, 0.2) is 0 Å². The van der Waals surface area contributed by atoms with Crippen LogP contribution in [-0.2, 0) is 18.9 Å². The van der Waals surface area contributed by atoms with Crippen molar-refractivity contribution in [3.63, 3.8) is 0 Å². The molecule has 0 aromatic rings. The highest BCUT2D eigenvalue weighted by Gasteiger charge is 2.54.